The van der Waals surface area contributed by atoms with Crippen molar-refractivity contribution in [2.75, 3.05) is 0 Å². The summed E-state index contributed by atoms with van der Waals surface area (Å²) in [6.45, 7) is 5.56. The molecule has 0 saturated heterocycles. The first-order valence-corrected chi connectivity index (χ1v) is 5.55. The third-order valence-electron chi connectivity index (χ3n) is 2.45. The van der Waals surface area contributed by atoms with Crippen LogP contribution in [0, 0.1) is 20.8 Å². The Morgan fingerprint density at radius 1 is 1.33 bits per heavy atom. The average molecular weight is 221 g/mol. The molecule has 0 amide bonds. The lowest BCUT2D eigenvalue weighted by atomic mass is 10.0. The van der Waals surface area contributed by atoms with Gasteiger partial charge in [-0.15, -0.1) is 11.3 Å². The van der Waals surface area contributed by atoms with E-state index in [1.54, 1.807) is 17.8 Å². The monoisotopic (exact) mass is 221 g/mol. The van der Waals surface area contributed by atoms with Crippen molar-refractivity contribution in [2.45, 2.75) is 20.8 Å². The van der Waals surface area contributed by atoms with Crippen LogP contribution in [0.4, 0.5) is 0 Å². The zero-order chi connectivity index (χ0) is 11.0. The average Bonchev–Trinajstić information content (AvgIpc) is 2.76. The van der Waals surface area contributed by atoms with E-state index >= 15 is 0 Å². The Bertz CT molecular complexity index is 497. The molecule has 78 valence electrons. The summed E-state index contributed by atoms with van der Waals surface area (Å²) in [5, 5.41) is 1.75. The number of furan rings is 1. The van der Waals surface area contributed by atoms with Crippen LogP contribution in [0.1, 0.15) is 33.1 Å². The minimum absolute atomic E-state index is 0.0527. The molecule has 4 heteroatoms. The van der Waals surface area contributed by atoms with Crippen LogP contribution in [0.2, 0.25) is 0 Å². The van der Waals surface area contributed by atoms with Gasteiger partial charge >= 0.3 is 0 Å². The Labute approximate surface area is 91.8 Å². The Balaban J connectivity index is 2.51. The highest BCUT2D eigenvalue weighted by Gasteiger charge is 2.20. The van der Waals surface area contributed by atoms with Gasteiger partial charge in [0.05, 0.1) is 11.1 Å². The third kappa shape index (κ3) is 1.61. The van der Waals surface area contributed by atoms with Gasteiger partial charge in [0.1, 0.15) is 17.2 Å². The van der Waals surface area contributed by atoms with Gasteiger partial charge in [0.15, 0.2) is 0 Å². The lowest BCUT2D eigenvalue weighted by Crippen LogP contribution is -2.03. The van der Waals surface area contributed by atoms with Crippen LogP contribution in [0.3, 0.4) is 0 Å². The first-order chi connectivity index (χ1) is 7.11. The van der Waals surface area contributed by atoms with E-state index in [0.29, 0.717) is 17.0 Å². The minimum atomic E-state index is -0.0527. The van der Waals surface area contributed by atoms with Gasteiger partial charge in [-0.1, -0.05) is 0 Å². The molecule has 0 atom stereocenters. The van der Waals surface area contributed by atoms with Crippen molar-refractivity contribution in [3.8, 4) is 0 Å². The second-order valence-electron chi connectivity index (χ2n) is 3.42. The predicted octanol–water partition coefficient (Wildman–Crippen LogP) is 2.89. The Morgan fingerprint density at radius 3 is 2.53 bits per heavy atom. The van der Waals surface area contributed by atoms with E-state index in [9.17, 15) is 4.79 Å². The van der Waals surface area contributed by atoms with E-state index in [1.165, 1.54) is 11.3 Å². The topological polar surface area (TPSA) is 43.1 Å². The molecule has 2 aromatic heterocycles. The van der Waals surface area contributed by atoms with Gasteiger partial charge in [0, 0.05) is 10.9 Å². The van der Waals surface area contributed by atoms with Crippen molar-refractivity contribution in [1.29, 1.82) is 0 Å². The summed E-state index contributed by atoms with van der Waals surface area (Å²) in [5.74, 6) is 1.41. The van der Waals surface area contributed by atoms with Gasteiger partial charge < -0.3 is 4.42 Å². The van der Waals surface area contributed by atoms with Crippen LogP contribution in [0.5, 0.6) is 0 Å². The fraction of sp³-hybridized carbons (Fsp3) is 0.273. The molecule has 2 aromatic rings. The molecule has 0 aromatic carbocycles. The number of hydrogen-bond donors (Lipinski definition) is 0. The van der Waals surface area contributed by atoms with Gasteiger partial charge in [0.25, 0.3) is 0 Å². The molecule has 0 spiro atoms. The number of hydrogen-bond acceptors (Lipinski definition) is 4. The molecule has 0 radical (unpaired) electrons. The number of rotatable bonds is 2. The molecular weight excluding hydrogens is 210 g/mol. The van der Waals surface area contributed by atoms with Crippen LogP contribution in [0.25, 0.3) is 0 Å². The van der Waals surface area contributed by atoms with E-state index in [2.05, 4.69) is 4.98 Å². The molecular formula is C11H11NO2S. The molecule has 0 aliphatic carbocycles. The van der Waals surface area contributed by atoms with Crippen molar-refractivity contribution in [2.24, 2.45) is 0 Å². The minimum Gasteiger partial charge on any atom is -0.466 e. The molecule has 0 N–H and O–H groups in total. The van der Waals surface area contributed by atoms with Crippen molar-refractivity contribution in [1.82, 2.24) is 4.98 Å². The molecule has 0 aliphatic rings. The fourth-order valence-electron chi connectivity index (χ4n) is 1.58. The highest BCUT2D eigenvalue weighted by Crippen LogP contribution is 2.23. The largest absolute Gasteiger partial charge is 0.466 e. The number of nitrogens with zero attached hydrogens (tertiary/aromatic N) is 1. The van der Waals surface area contributed by atoms with Crippen molar-refractivity contribution in [3.63, 3.8) is 0 Å². The van der Waals surface area contributed by atoms with Crippen LogP contribution < -0.4 is 0 Å². The van der Waals surface area contributed by atoms with E-state index in [0.717, 1.165) is 11.3 Å². The molecule has 2 heterocycles. The maximum absolute atomic E-state index is 12.0. The number of thiazole rings is 1. The summed E-state index contributed by atoms with van der Waals surface area (Å²) in [4.78, 5) is 16.1. The second kappa shape index (κ2) is 3.62. The second-order valence-corrected chi connectivity index (χ2v) is 4.14. The van der Waals surface area contributed by atoms with Crippen molar-refractivity contribution < 1.29 is 9.21 Å². The summed E-state index contributed by atoms with van der Waals surface area (Å²) in [5.41, 5.74) is 3.71. The number of aromatic nitrogens is 1. The third-order valence-corrected chi connectivity index (χ3v) is 3.04. The lowest BCUT2D eigenvalue weighted by molar-refractivity contribution is 0.103. The molecule has 0 aliphatic heterocycles. The molecule has 0 unspecified atom stereocenters. The maximum Gasteiger partial charge on any atom is 0.215 e. The van der Waals surface area contributed by atoms with E-state index < -0.39 is 0 Å². The van der Waals surface area contributed by atoms with Gasteiger partial charge in [-0.25, -0.2) is 4.98 Å². The number of carbonyl (C=O) groups excluding carboxylic acids is 1. The highest BCUT2D eigenvalue weighted by atomic mass is 32.1. The van der Waals surface area contributed by atoms with Crippen LogP contribution in [-0.4, -0.2) is 10.8 Å². The predicted molar refractivity (Wildman–Crippen MR) is 58.5 cm³/mol. The van der Waals surface area contributed by atoms with Gasteiger partial charge in [0.2, 0.25) is 5.78 Å². The Hall–Kier alpha value is -1.42. The van der Waals surface area contributed by atoms with E-state index in [4.69, 9.17) is 4.42 Å². The SMILES string of the molecule is Cc1oc(C)c(C(=O)c2cscn2)c1C. The maximum atomic E-state index is 12.0. The molecule has 15 heavy (non-hydrogen) atoms. The highest BCUT2D eigenvalue weighted by molar-refractivity contribution is 7.07. The number of aryl methyl sites for hydroxylation is 2. The molecule has 3 nitrogen and oxygen atoms in total. The molecule has 0 bridgehead atoms. The van der Waals surface area contributed by atoms with Crippen LogP contribution >= 0.6 is 11.3 Å². The van der Waals surface area contributed by atoms with Crippen LogP contribution in [-0.2, 0) is 0 Å². The number of ketones is 1. The van der Waals surface area contributed by atoms with Gasteiger partial charge in [-0.3, -0.25) is 4.79 Å². The molecule has 2 rings (SSSR count). The lowest BCUT2D eigenvalue weighted by Gasteiger charge is -1.96. The zero-order valence-corrected chi connectivity index (χ0v) is 9.64. The standard InChI is InChI=1S/C11H11NO2S/c1-6-7(2)14-8(3)10(6)11(13)9-4-15-5-12-9/h4-5H,1-3H3. The number of carbonyl (C=O) groups is 1. The van der Waals surface area contributed by atoms with Gasteiger partial charge in [-0.05, 0) is 20.8 Å². The van der Waals surface area contributed by atoms with E-state index in [1.807, 2.05) is 13.8 Å². The summed E-state index contributed by atoms with van der Waals surface area (Å²) < 4.78 is 5.42. The quantitative estimate of drug-likeness (QED) is 0.732. The fourth-order valence-corrected chi connectivity index (χ4v) is 2.11. The zero-order valence-electron chi connectivity index (χ0n) is 8.83. The summed E-state index contributed by atoms with van der Waals surface area (Å²) in [7, 11) is 0. The Kier molecular flexibility index (Phi) is 2.44. The van der Waals surface area contributed by atoms with E-state index in [-0.39, 0.29) is 5.78 Å². The van der Waals surface area contributed by atoms with Gasteiger partial charge in [-0.2, -0.15) is 0 Å². The Morgan fingerprint density at radius 2 is 2.07 bits per heavy atom. The molecule has 0 fully saturated rings. The summed E-state index contributed by atoms with van der Waals surface area (Å²) in [6, 6.07) is 0. The smallest absolute Gasteiger partial charge is 0.215 e. The summed E-state index contributed by atoms with van der Waals surface area (Å²) >= 11 is 1.42. The first kappa shape index (κ1) is 10.1. The van der Waals surface area contributed by atoms with Crippen LogP contribution in [0.15, 0.2) is 15.3 Å². The normalized spacial score (nSPS) is 10.6. The molecule has 0 saturated carbocycles. The first-order valence-electron chi connectivity index (χ1n) is 4.60. The van der Waals surface area contributed by atoms with Crippen molar-refractivity contribution in [3.05, 3.63) is 39.2 Å². The summed E-state index contributed by atoms with van der Waals surface area (Å²) in [6.07, 6.45) is 0. The van der Waals surface area contributed by atoms with Crippen molar-refractivity contribution >= 4 is 17.1 Å².